The van der Waals surface area contributed by atoms with E-state index in [-0.39, 0.29) is 11.7 Å². The van der Waals surface area contributed by atoms with Gasteiger partial charge in [0.25, 0.3) is 5.91 Å². The number of aliphatic carboxylic acids is 1. The average molecular weight is 435 g/mol. The Morgan fingerprint density at radius 1 is 0.812 bits per heavy atom. The van der Waals surface area contributed by atoms with E-state index in [1.165, 1.54) is 43.1 Å². The van der Waals surface area contributed by atoms with Crippen molar-refractivity contribution in [2.24, 2.45) is 0 Å². The van der Waals surface area contributed by atoms with Gasteiger partial charge in [-0.25, -0.2) is 14.0 Å². The molecule has 32 heavy (non-hydrogen) atoms. The quantitative estimate of drug-likeness (QED) is 0.523. The molecule has 164 valence electrons. The molecule has 0 aliphatic rings. The van der Waals surface area contributed by atoms with Crippen LogP contribution in [0.1, 0.15) is 17.3 Å². The summed E-state index contributed by atoms with van der Waals surface area (Å²) in [5, 5.41) is 14.4. The second kappa shape index (κ2) is 9.74. The normalized spacial score (nSPS) is 11.3. The van der Waals surface area contributed by atoms with Crippen LogP contribution in [0.5, 0.6) is 0 Å². The lowest BCUT2D eigenvalue weighted by Crippen LogP contribution is -2.40. The maximum atomic E-state index is 12.9. The van der Waals surface area contributed by atoms with Gasteiger partial charge in [0.05, 0.1) is 0 Å². The summed E-state index contributed by atoms with van der Waals surface area (Å²) in [6, 6.07) is 18.0. The van der Waals surface area contributed by atoms with Gasteiger partial charge in [-0.15, -0.1) is 0 Å². The third-order valence-corrected chi connectivity index (χ3v) is 4.97. The van der Waals surface area contributed by atoms with Crippen molar-refractivity contribution in [1.82, 2.24) is 4.90 Å². The van der Waals surface area contributed by atoms with Crippen LogP contribution in [0.3, 0.4) is 0 Å². The zero-order chi connectivity index (χ0) is 23.3. The van der Waals surface area contributed by atoms with Crippen LogP contribution in [0, 0.1) is 5.82 Å². The molecule has 0 saturated heterocycles. The number of carbonyl (C=O) groups excluding carboxylic acids is 2. The molecule has 3 aromatic carbocycles. The van der Waals surface area contributed by atoms with Gasteiger partial charge >= 0.3 is 12.0 Å². The van der Waals surface area contributed by atoms with E-state index in [1.807, 2.05) is 12.1 Å². The van der Waals surface area contributed by atoms with Crippen LogP contribution in [0.4, 0.5) is 20.6 Å². The Morgan fingerprint density at radius 3 is 1.72 bits per heavy atom. The number of nitrogens with one attached hydrogen (secondary N) is 2. The van der Waals surface area contributed by atoms with Crippen molar-refractivity contribution in [1.29, 1.82) is 0 Å². The molecule has 0 saturated carbocycles. The molecule has 3 aromatic rings. The fraction of sp³-hybridized carbons (Fsp3) is 0.125. The van der Waals surface area contributed by atoms with Crippen LogP contribution in [-0.2, 0) is 4.79 Å². The van der Waals surface area contributed by atoms with Crippen molar-refractivity contribution in [3.05, 3.63) is 84.2 Å². The molecule has 3 N–H and O–H groups in total. The number of amides is 3. The molecule has 0 aromatic heterocycles. The van der Waals surface area contributed by atoms with E-state index in [4.69, 9.17) is 5.11 Å². The summed E-state index contributed by atoms with van der Waals surface area (Å²) in [6.45, 7) is 1.45. The lowest BCUT2D eigenvalue weighted by atomic mass is 10.0. The molecule has 0 radical (unpaired) electrons. The molecule has 0 aliphatic heterocycles. The zero-order valence-electron chi connectivity index (χ0n) is 17.5. The van der Waals surface area contributed by atoms with E-state index in [2.05, 4.69) is 10.6 Å². The SMILES string of the molecule is C[C@@H](C(=O)O)N(C)C(=O)c1ccc(-c2ccc(NC(=O)Nc3ccc(F)cc3)cc2)cc1. The summed E-state index contributed by atoms with van der Waals surface area (Å²) in [5.41, 5.74) is 3.17. The molecule has 3 rings (SSSR count). The van der Waals surface area contributed by atoms with Gasteiger partial charge in [-0.1, -0.05) is 24.3 Å². The third kappa shape index (κ3) is 5.48. The highest BCUT2D eigenvalue weighted by Crippen LogP contribution is 2.23. The molecule has 0 spiro atoms. The Bertz CT molecular complexity index is 1110. The molecular weight excluding hydrogens is 413 g/mol. The number of hydrogen-bond acceptors (Lipinski definition) is 3. The average Bonchev–Trinajstić information content (AvgIpc) is 2.79. The lowest BCUT2D eigenvalue weighted by molar-refractivity contribution is -0.141. The summed E-state index contributed by atoms with van der Waals surface area (Å²) < 4.78 is 12.9. The standard InChI is InChI=1S/C24H22FN3O4/c1-15(23(30)31)28(2)22(29)18-5-3-16(4-6-18)17-7-11-20(12-8-17)26-24(32)27-21-13-9-19(25)10-14-21/h3-15H,1-2H3,(H,30,31)(H2,26,27,32)/t15-/m0/s1. The summed E-state index contributed by atoms with van der Waals surface area (Å²) in [6.07, 6.45) is 0. The van der Waals surface area contributed by atoms with Crippen molar-refractivity contribution >= 4 is 29.3 Å². The molecule has 0 bridgehead atoms. The predicted octanol–water partition coefficient (Wildman–Crippen LogP) is 4.68. The minimum Gasteiger partial charge on any atom is -0.480 e. The predicted molar refractivity (Wildman–Crippen MR) is 120 cm³/mol. The largest absolute Gasteiger partial charge is 0.480 e. The summed E-state index contributed by atoms with van der Waals surface area (Å²) in [5.74, 6) is -1.83. The van der Waals surface area contributed by atoms with E-state index >= 15 is 0 Å². The van der Waals surface area contributed by atoms with Crippen LogP contribution >= 0.6 is 0 Å². The minimum atomic E-state index is -1.07. The Labute approximate surface area is 184 Å². The van der Waals surface area contributed by atoms with Crippen molar-refractivity contribution < 1.29 is 23.9 Å². The molecule has 7 nitrogen and oxygen atoms in total. The number of carboxylic acids is 1. The molecule has 8 heteroatoms. The van der Waals surface area contributed by atoms with Gasteiger partial charge < -0.3 is 20.6 Å². The topological polar surface area (TPSA) is 98.7 Å². The number of hydrogen-bond donors (Lipinski definition) is 3. The van der Waals surface area contributed by atoms with E-state index in [0.29, 0.717) is 16.9 Å². The van der Waals surface area contributed by atoms with Gasteiger partial charge in [0.1, 0.15) is 11.9 Å². The van der Waals surface area contributed by atoms with Gasteiger partial charge in [-0.05, 0) is 66.6 Å². The highest BCUT2D eigenvalue weighted by atomic mass is 19.1. The first-order chi connectivity index (χ1) is 15.2. The number of rotatable bonds is 6. The van der Waals surface area contributed by atoms with E-state index < -0.39 is 18.0 Å². The maximum absolute atomic E-state index is 12.9. The first kappa shape index (κ1) is 22.5. The second-order valence-corrected chi connectivity index (χ2v) is 7.17. The van der Waals surface area contributed by atoms with E-state index in [1.54, 1.807) is 36.4 Å². The van der Waals surface area contributed by atoms with Crippen molar-refractivity contribution in [3.8, 4) is 11.1 Å². The minimum absolute atomic E-state index is 0.377. The van der Waals surface area contributed by atoms with Crippen LogP contribution in [0.2, 0.25) is 0 Å². The first-order valence-corrected chi connectivity index (χ1v) is 9.78. The van der Waals surface area contributed by atoms with Crippen LogP contribution in [0.15, 0.2) is 72.8 Å². The summed E-state index contributed by atoms with van der Waals surface area (Å²) in [4.78, 5) is 36.8. The number of anilines is 2. The Balaban J connectivity index is 1.63. The molecule has 1 atom stereocenters. The Morgan fingerprint density at radius 2 is 1.25 bits per heavy atom. The van der Waals surface area contributed by atoms with Crippen molar-refractivity contribution in [3.63, 3.8) is 0 Å². The number of carboxylic acid groups (broad SMARTS) is 1. The van der Waals surface area contributed by atoms with Gasteiger partial charge in [-0.3, -0.25) is 4.79 Å². The molecular formula is C24H22FN3O4. The number of halogens is 1. The van der Waals surface area contributed by atoms with E-state index in [9.17, 15) is 18.8 Å². The number of benzene rings is 3. The number of carbonyl (C=O) groups is 3. The molecule has 0 unspecified atom stereocenters. The number of urea groups is 1. The smallest absolute Gasteiger partial charge is 0.326 e. The van der Waals surface area contributed by atoms with E-state index in [0.717, 1.165) is 11.1 Å². The lowest BCUT2D eigenvalue weighted by Gasteiger charge is -2.21. The second-order valence-electron chi connectivity index (χ2n) is 7.17. The Hall–Kier alpha value is -4.20. The monoisotopic (exact) mass is 435 g/mol. The highest BCUT2D eigenvalue weighted by molar-refractivity contribution is 6.00. The fourth-order valence-electron chi connectivity index (χ4n) is 2.92. The van der Waals surface area contributed by atoms with Crippen molar-refractivity contribution in [2.45, 2.75) is 13.0 Å². The van der Waals surface area contributed by atoms with Gasteiger partial charge in [0.15, 0.2) is 0 Å². The Kier molecular flexibility index (Phi) is 6.84. The molecule has 0 fully saturated rings. The highest BCUT2D eigenvalue weighted by Gasteiger charge is 2.22. The number of nitrogens with zero attached hydrogens (tertiary/aromatic N) is 1. The summed E-state index contributed by atoms with van der Waals surface area (Å²) in [7, 11) is 1.45. The molecule has 0 heterocycles. The molecule has 3 amide bonds. The summed E-state index contributed by atoms with van der Waals surface area (Å²) >= 11 is 0. The van der Waals surface area contributed by atoms with Crippen LogP contribution < -0.4 is 10.6 Å². The van der Waals surface area contributed by atoms with Gasteiger partial charge in [0, 0.05) is 24.0 Å². The van der Waals surface area contributed by atoms with Crippen LogP contribution in [0.25, 0.3) is 11.1 Å². The van der Waals surface area contributed by atoms with Gasteiger partial charge in [0.2, 0.25) is 0 Å². The third-order valence-electron chi connectivity index (χ3n) is 4.97. The molecule has 0 aliphatic carbocycles. The van der Waals surface area contributed by atoms with Crippen LogP contribution in [-0.4, -0.2) is 41.0 Å². The van der Waals surface area contributed by atoms with Crippen molar-refractivity contribution in [2.75, 3.05) is 17.7 Å². The fourth-order valence-corrected chi connectivity index (χ4v) is 2.92. The maximum Gasteiger partial charge on any atom is 0.326 e. The number of likely N-dealkylation sites (N-methyl/N-ethyl adjacent to an activating group) is 1. The first-order valence-electron chi connectivity index (χ1n) is 9.78. The van der Waals surface area contributed by atoms with Gasteiger partial charge in [-0.2, -0.15) is 0 Å². The zero-order valence-corrected chi connectivity index (χ0v) is 17.5.